The van der Waals surface area contributed by atoms with Crippen molar-refractivity contribution in [1.82, 2.24) is 10.2 Å². The van der Waals surface area contributed by atoms with Crippen LogP contribution in [-0.2, 0) is 4.79 Å². The van der Waals surface area contributed by atoms with Crippen LogP contribution in [0.1, 0.15) is 0 Å². The molecule has 1 saturated heterocycles. The van der Waals surface area contributed by atoms with E-state index in [0.717, 1.165) is 10.2 Å². The summed E-state index contributed by atoms with van der Waals surface area (Å²) in [4.78, 5) is 26.5. The molecule has 1 amide bonds. The molecule has 0 saturated carbocycles. The molecule has 0 aliphatic carbocycles. The Hall–Kier alpha value is -2.72. The molecule has 1 aliphatic heterocycles. The average molecular weight is 479 g/mol. The van der Waals surface area contributed by atoms with Crippen LogP contribution < -0.4 is 15.0 Å². The predicted octanol–water partition coefficient (Wildman–Crippen LogP) is 2.96. The predicted molar refractivity (Wildman–Crippen MR) is 117 cm³/mol. The van der Waals surface area contributed by atoms with Crippen LogP contribution in [0.5, 0.6) is 5.75 Å². The molecule has 1 heterocycles. The maximum atomic E-state index is 12.1. The van der Waals surface area contributed by atoms with E-state index in [4.69, 9.17) is 17.0 Å². The molecule has 0 aromatic heterocycles. The Morgan fingerprint density at radius 1 is 1.10 bits per heavy atom. The summed E-state index contributed by atoms with van der Waals surface area (Å²) in [6.45, 7) is 2.56. The Bertz CT molecular complexity index is 884. The highest BCUT2D eigenvalue weighted by Crippen LogP contribution is 2.20. The number of thiocarbonyl (C=S) groups is 1. The average Bonchev–Trinajstić information content (AvgIpc) is 2.73. The Labute approximate surface area is 181 Å². The van der Waals surface area contributed by atoms with Gasteiger partial charge in [0.1, 0.15) is 5.75 Å². The first-order valence-corrected chi connectivity index (χ1v) is 10.1. The number of nitro groups is 1. The number of piperazine rings is 1. The minimum absolute atomic E-state index is 0.0710. The summed E-state index contributed by atoms with van der Waals surface area (Å²) in [6, 6.07) is 13.7. The van der Waals surface area contributed by atoms with Gasteiger partial charge in [-0.3, -0.25) is 14.9 Å². The summed E-state index contributed by atoms with van der Waals surface area (Å²) in [5, 5.41) is 13.8. The molecule has 8 nitrogen and oxygen atoms in total. The number of anilines is 1. The van der Waals surface area contributed by atoms with Gasteiger partial charge >= 0.3 is 0 Å². The summed E-state index contributed by atoms with van der Waals surface area (Å²) in [6.07, 6.45) is 0. The Morgan fingerprint density at radius 3 is 2.31 bits per heavy atom. The maximum absolute atomic E-state index is 12.1. The van der Waals surface area contributed by atoms with Crippen LogP contribution >= 0.6 is 28.1 Å². The van der Waals surface area contributed by atoms with E-state index >= 15 is 0 Å². The summed E-state index contributed by atoms with van der Waals surface area (Å²) < 4.78 is 6.38. The monoisotopic (exact) mass is 478 g/mol. The standard InChI is InChI=1S/C19H19BrN4O4S/c20-14-1-7-17(8-2-14)28-13-18(25)21-19(29)23-11-9-22(10-12-23)15-3-5-16(6-4-15)24(26)27/h1-8H,9-13H2,(H,21,25,29). The molecule has 152 valence electrons. The molecular weight excluding hydrogens is 460 g/mol. The number of amides is 1. The number of halogens is 1. The number of hydrogen-bond acceptors (Lipinski definition) is 6. The van der Waals surface area contributed by atoms with Gasteiger partial charge in [-0.1, -0.05) is 15.9 Å². The van der Waals surface area contributed by atoms with Gasteiger partial charge in [-0.2, -0.15) is 0 Å². The maximum Gasteiger partial charge on any atom is 0.269 e. The Morgan fingerprint density at radius 2 is 1.72 bits per heavy atom. The Balaban J connectivity index is 1.43. The first kappa shape index (κ1) is 21.0. The molecule has 2 aromatic rings. The lowest BCUT2D eigenvalue weighted by atomic mass is 10.2. The zero-order chi connectivity index (χ0) is 20.8. The van der Waals surface area contributed by atoms with Gasteiger partial charge in [0, 0.05) is 48.5 Å². The molecule has 29 heavy (non-hydrogen) atoms. The van der Waals surface area contributed by atoms with E-state index in [1.165, 1.54) is 12.1 Å². The molecule has 1 fully saturated rings. The van der Waals surface area contributed by atoms with Crippen molar-refractivity contribution in [2.45, 2.75) is 0 Å². The lowest BCUT2D eigenvalue weighted by Gasteiger charge is -2.37. The van der Waals surface area contributed by atoms with Crippen LogP contribution in [0.25, 0.3) is 0 Å². The van der Waals surface area contributed by atoms with Crippen molar-refractivity contribution in [2.24, 2.45) is 0 Å². The van der Waals surface area contributed by atoms with E-state index < -0.39 is 4.92 Å². The lowest BCUT2D eigenvalue weighted by Crippen LogP contribution is -2.53. The summed E-state index contributed by atoms with van der Waals surface area (Å²) in [5.41, 5.74) is 0.995. The third-order valence-electron chi connectivity index (χ3n) is 4.42. The molecule has 2 aromatic carbocycles. The second-order valence-corrected chi connectivity index (χ2v) is 7.65. The number of nitrogens with zero attached hydrogens (tertiary/aromatic N) is 3. The molecule has 0 spiro atoms. The van der Waals surface area contributed by atoms with E-state index in [-0.39, 0.29) is 18.2 Å². The van der Waals surface area contributed by atoms with E-state index in [1.807, 2.05) is 17.0 Å². The van der Waals surface area contributed by atoms with E-state index in [1.54, 1.807) is 24.3 Å². The number of carbonyl (C=O) groups is 1. The van der Waals surface area contributed by atoms with Crippen LogP contribution in [0.15, 0.2) is 53.0 Å². The molecule has 0 bridgehead atoms. The summed E-state index contributed by atoms with van der Waals surface area (Å²) in [5.74, 6) is 0.293. The van der Waals surface area contributed by atoms with Crippen LogP contribution in [0, 0.1) is 10.1 Å². The largest absolute Gasteiger partial charge is 0.484 e. The zero-order valence-electron chi connectivity index (χ0n) is 15.4. The number of rotatable bonds is 5. The lowest BCUT2D eigenvalue weighted by molar-refractivity contribution is -0.384. The smallest absolute Gasteiger partial charge is 0.269 e. The third-order valence-corrected chi connectivity index (χ3v) is 5.31. The van der Waals surface area contributed by atoms with Crippen molar-refractivity contribution in [1.29, 1.82) is 0 Å². The van der Waals surface area contributed by atoms with Gasteiger partial charge in [-0.05, 0) is 48.6 Å². The van der Waals surface area contributed by atoms with Crippen molar-refractivity contribution in [3.63, 3.8) is 0 Å². The van der Waals surface area contributed by atoms with E-state index in [9.17, 15) is 14.9 Å². The van der Waals surface area contributed by atoms with Crippen molar-refractivity contribution in [3.8, 4) is 5.75 Å². The molecule has 0 radical (unpaired) electrons. The van der Waals surface area contributed by atoms with Crippen molar-refractivity contribution in [3.05, 3.63) is 63.1 Å². The number of benzene rings is 2. The molecule has 0 unspecified atom stereocenters. The number of nitro benzene ring substituents is 1. The molecule has 0 atom stereocenters. The number of hydrogen-bond donors (Lipinski definition) is 1. The topological polar surface area (TPSA) is 88.0 Å². The van der Waals surface area contributed by atoms with Crippen molar-refractivity contribution >= 4 is 50.5 Å². The molecule has 1 aliphatic rings. The minimum atomic E-state index is -0.413. The van der Waals surface area contributed by atoms with Gasteiger partial charge in [0.25, 0.3) is 11.6 Å². The van der Waals surface area contributed by atoms with Gasteiger partial charge in [0.05, 0.1) is 4.92 Å². The molecule has 3 rings (SSSR count). The highest BCUT2D eigenvalue weighted by molar-refractivity contribution is 9.10. The number of nitrogens with one attached hydrogen (secondary N) is 1. The zero-order valence-corrected chi connectivity index (χ0v) is 17.8. The highest BCUT2D eigenvalue weighted by Gasteiger charge is 2.21. The van der Waals surface area contributed by atoms with Gasteiger partial charge in [0.15, 0.2) is 11.7 Å². The van der Waals surface area contributed by atoms with E-state index in [0.29, 0.717) is 37.0 Å². The first-order chi connectivity index (χ1) is 13.9. The van der Waals surface area contributed by atoms with Crippen LogP contribution in [0.4, 0.5) is 11.4 Å². The Kier molecular flexibility index (Phi) is 6.99. The molecule has 1 N–H and O–H groups in total. The quantitative estimate of drug-likeness (QED) is 0.401. The highest BCUT2D eigenvalue weighted by atomic mass is 79.9. The second-order valence-electron chi connectivity index (χ2n) is 6.34. The SMILES string of the molecule is O=C(COc1ccc(Br)cc1)NC(=S)N1CCN(c2ccc([N+](=O)[O-])cc2)CC1. The van der Waals surface area contributed by atoms with Crippen LogP contribution in [-0.4, -0.2) is 53.6 Å². The fourth-order valence-electron chi connectivity index (χ4n) is 2.87. The first-order valence-electron chi connectivity index (χ1n) is 8.89. The number of non-ortho nitro benzene ring substituents is 1. The number of ether oxygens (including phenoxy) is 1. The van der Waals surface area contributed by atoms with Gasteiger partial charge in [-0.15, -0.1) is 0 Å². The second kappa shape index (κ2) is 9.66. The van der Waals surface area contributed by atoms with Crippen molar-refractivity contribution < 1.29 is 14.5 Å². The van der Waals surface area contributed by atoms with Crippen LogP contribution in [0.2, 0.25) is 0 Å². The van der Waals surface area contributed by atoms with Crippen LogP contribution in [0.3, 0.4) is 0 Å². The molecule has 10 heteroatoms. The summed E-state index contributed by atoms with van der Waals surface area (Å²) >= 11 is 8.68. The van der Waals surface area contributed by atoms with E-state index in [2.05, 4.69) is 26.1 Å². The van der Waals surface area contributed by atoms with Gasteiger partial charge in [-0.25, -0.2) is 0 Å². The fraction of sp³-hybridized carbons (Fsp3) is 0.263. The minimum Gasteiger partial charge on any atom is -0.484 e. The summed E-state index contributed by atoms with van der Waals surface area (Å²) in [7, 11) is 0. The molecular formula is C19H19BrN4O4S. The van der Waals surface area contributed by atoms with Gasteiger partial charge < -0.3 is 19.9 Å². The van der Waals surface area contributed by atoms with Gasteiger partial charge in [0.2, 0.25) is 0 Å². The third kappa shape index (κ3) is 5.88. The van der Waals surface area contributed by atoms with Crippen molar-refractivity contribution in [2.75, 3.05) is 37.7 Å². The number of carbonyl (C=O) groups excluding carboxylic acids is 1. The normalized spacial score (nSPS) is 13.7. The fourth-order valence-corrected chi connectivity index (χ4v) is 3.43.